The Morgan fingerprint density at radius 3 is 2.53 bits per heavy atom. The second kappa shape index (κ2) is 6.58. The zero-order valence-corrected chi connectivity index (χ0v) is 11.2. The molecule has 0 aromatic carbocycles. The maximum absolute atomic E-state index is 12.0. The average Bonchev–Trinajstić information content (AvgIpc) is 2.33. The number of rotatable bonds is 6. The van der Waals surface area contributed by atoms with E-state index in [4.69, 9.17) is 4.74 Å². The quantitative estimate of drug-likeness (QED) is 0.810. The maximum atomic E-state index is 12.0. The maximum Gasteiger partial charge on any atom is 0.389 e. The minimum atomic E-state index is -4.14. The molecule has 0 unspecified atom stereocenters. The molecule has 1 aromatic rings. The molecule has 1 rings (SSSR count). The molecule has 0 radical (unpaired) electrons. The molecular formula is C12H18F3N3O. The molecule has 0 amide bonds. The van der Waals surface area contributed by atoms with E-state index in [0.29, 0.717) is 17.5 Å². The van der Waals surface area contributed by atoms with Gasteiger partial charge in [0.15, 0.2) is 0 Å². The zero-order chi connectivity index (χ0) is 14.5. The van der Waals surface area contributed by atoms with Crippen LogP contribution in [0.4, 0.5) is 19.0 Å². The summed E-state index contributed by atoms with van der Waals surface area (Å²) in [6.07, 6.45) is -5.08. The summed E-state index contributed by atoms with van der Waals surface area (Å²) in [5.41, 5.74) is 0. The molecule has 4 nitrogen and oxygen atoms in total. The lowest BCUT2D eigenvalue weighted by Crippen LogP contribution is -2.11. The molecule has 0 aliphatic rings. The molecule has 1 aromatic heterocycles. The minimum absolute atomic E-state index is 0.0167. The van der Waals surface area contributed by atoms with Crippen LogP contribution in [0.15, 0.2) is 6.07 Å². The van der Waals surface area contributed by atoms with Gasteiger partial charge in [-0.25, -0.2) is 4.98 Å². The number of hydrogen-bond acceptors (Lipinski definition) is 4. The second-order valence-corrected chi connectivity index (χ2v) is 4.42. The Labute approximate surface area is 110 Å². The monoisotopic (exact) mass is 277 g/mol. The number of aromatic nitrogens is 2. The Kier molecular flexibility index (Phi) is 5.38. The van der Waals surface area contributed by atoms with Crippen LogP contribution in [0, 0.1) is 0 Å². The fraction of sp³-hybridized carbons (Fsp3) is 0.667. The van der Waals surface area contributed by atoms with Crippen molar-refractivity contribution in [1.29, 1.82) is 0 Å². The van der Waals surface area contributed by atoms with Crippen LogP contribution in [0.25, 0.3) is 0 Å². The SMILES string of the molecule is CNc1cc(OCCCC(F)(F)F)nc(C(C)C)n1. The smallest absolute Gasteiger partial charge is 0.389 e. The van der Waals surface area contributed by atoms with Crippen LogP contribution >= 0.6 is 0 Å². The van der Waals surface area contributed by atoms with Gasteiger partial charge >= 0.3 is 6.18 Å². The van der Waals surface area contributed by atoms with Gasteiger partial charge in [-0.15, -0.1) is 0 Å². The first kappa shape index (κ1) is 15.5. The van der Waals surface area contributed by atoms with Gasteiger partial charge in [0.1, 0.15) is 11.6 Å². The average molecular weight is 277 g/mol. The van der Waals surface area contributed by atoms with Gasteiger partial charge in [-0.3, -0.25) is 0 Å². The van der Waals surface area contributed by atoms with Crippen molar-refractivity contribution >= 4 is 5.82 Å². The van der Waals surface area contributed by atoms with Crippen LogP contribution in [0.2, 0.25) is 0 Å². The number of hydrogen-bond donors (Lipinski definition) is 1. The molecule has 108 valence electrons. The molecule has 0 aliphatic carbocycles. The van der Waals surface area contributed by atoms with Gasteiger partial charge in [0.05, 0.1) is 6.61 Å². The van der Waals surface area contributed by atoms with Gasteiger partial charge in [-0.1, -0.05) is 13.8 Å². The van der Waals surface area contributed by atoms with Crippen molar-refractivity contribution in [2.24, 2.45) is 0 Å². The van der Waals surface area contributed by atoms with Crippen molar-refractivity contribution in [3.63, 3.8) is 0 Å². The highest BCUT2D eigenvalue weighted by Crippen LogP contribution is 2.22. The van der Waals surface area contributed by atoms with Crippen LogP contribution in [-0.4, -0.2) is 29.8 Å². The Morgan fingerprint density at radius 2 is 2.00 bits per heavy atom. The summed E-state index contributed by atoms with van der Waals surface area (Å²) in [7, 11) is 1.71. The topological polar surface area (TPSA) is 47.0 Å². The Balaban J connectivity index is 2.60. The van der Waals surface area contributed by atoms with Crippen molar-refractivity contribution in [3.05, 3.63) is 11.9 Å². The number of anilines is 1. The first-order valence-electron chi connectivity index (χ1n) is 6.08. The van der Waals surface area contributed by atoms with E-state index in [-0.39, 0.29) is 18.9 Å². The third kappa shape index (κ3) is 5.76. The van der Waals surface area contributed by atoms with Crippen LogP contribution in [-0.2, 0) is 0 Å². The number of alkyl halides is 3. The molecule has 1 heterocycles. The summed E-state index contributed by atoms with van der Waals surface area (Å²) in [6.45, 7) is 3.85. The van der Waals surface area contributed by atoms with Gasteiger partial charge in [-0.2, -0.15) is 18.2 Å². The predicted octanol–water partition coefficient (Wildman–Crippen LogP) is 3.36. The largest absolute Gasteiger partial charge is 0.478 e. The van der Waals surface area contributed by atoms with Gasteiger partial charge in [0.2, 0.25) is 5.88 Å². The normalized spacial score (nSPS) is 11.7. The van der Waals surface area contributed by atoms with Crippen molar-refractivity contribution < 1.29 is 17.9 Å². The molecule has 0 bridgehead atoms. The van der Waals surface area contributed by atoms with Gasteiger partial charge in [0.25, 0.3) is 0 Å². The Hall–Kier alpha value is -1.53. The van der Waals surface area contributed by atoms with Crippen molar-refractivity contribution in [1.82, 2.24) is 9.97 Å². The summed E-state index contributed by atoms with van der Waals surface area (Å²) in [5.74, 6) is 1.60. The van der Waals surface area contributed by atoms with E-state index < -0.39 is 12.6 Å². The summed E-state index contributed by atoms with van der Waals surface area (Å²) in [6, 6.07) is 1.57. The third-order valence-corrected chi connectivity index (χ3v) is 2.35. The molecule has 0 spiro atoms. The summed E-state index contributed by atoms with van der Waals surface area (Å²) < 4.78 is 41.2. The summed E-state index contributed by atoms with van der Waals surface area (Å²) >= 11 is 0. The van der Waals surface area contributed by atoms with E-state index in [0.717, 1.165) is 0 Å². The van der Waals surface area contributed by atoms with Crippen molar-refractivity contribution in [2.45, 2.75) is 38.8 Å². The van der Waals surface area contributed by atoms with Crippen LogP contribution in [0.5, 0.6) is 5.88 Å². The number of nitrogens with zero attached hydrogens (tertiary/aromatic N) is 2. The Morgan fingerprint density at radius 1 is 1.32 bits per heavy atom. The highest BCUT2D eigenvalue weighted by atomic mass is 19.4. The minimum Gasteiger partial charge on any atom is -0.478 e. The van der Waals surface area contributed by atoms with Crippen molar-refractivity contribution in [2.75, 3.05) is 19.0 Å². The first-order valence-corrected chi connectivity index (χ1v) is 6.08. The van der Waals surface area contributed by atoms with E-state index in [9.17, 15) is 13.2 Å². The molecular weight excluding hydrogens is 259 g/mol. The highest BCUT2D eigenvalue weighted by molar-refractivity contribution is 5.38. The van der Waals surface area contributed by atoms with E-state index >= 15 is 0 Å². The van der Waals surface area contributed by atoms with Crippen LogP contribution in [0.3, 0.4) is 0 Å². The molecule has 0 atom stereocenters. The number of ether oxygens (including phenoxy) is 1. The predicted molar refractivity (Wildman–Crippen MR) is 66.5 cm³/mol. The van der Waals surface area contributed by atoms with Crippen LogP contribution < -0.4 is 10.1 Å². The molecule has 19 heavy (non-hydrogen) atoms. The molecule has 0 saturated heterocycles. The molecule has 0 saturated carbocycles. The fourth-order valence-corrected chi connectivity index (χ4v) is 1.35. The lowest BCUT2D eigenvalue weighted by atomic mass is 10.2. The lowest BCUT2D eigenvalue weighted by molar-refractivity contribution is -0.136. The van der Waals surface area contributed by atoms with E-state index in [1.54, 1.807) is 13.1 Å². The van der Waals surface area contributed by atoms with E-state index in [1.807, 2.05) is 13.8 Å². The standard InChI is InChI=1S/C12H18F3N3O/c1-8(2)11-17-9(16-3)7-10(18-11)19-6-4-5-12(13,14)15/h7-8H,4-6H2,1-3H3,(H,16,17,18). The number of nitrogens with one attached hydrogen (secondary N) is 1. The second-order valence-electron chi connectivity index (χ2n) is 4.42. The van der Waals surface area contributed by atoms with E-state index in [1.165, 1.54) is 0 Å². The van der Waals surface area contributed by atoms with Gasteiger partial charge in [0, 0.05) is 25.5 Å². The number of halogens is 3. The molecule has 0 aliphatic heterocycles. The van der Waals surface area contributed by atoms with Gasteiger partial charge in [-0.05, 0) is 6.42 Å². The fourth-order valence-electron chi connectivity index (χ4n) is 1.35. The van der Waals surface area contributed by atoms with Crippen molar-refractivity contribution in [3.8, 4) is 5.88 Å². The summed E-state index contributed by atoms with van der Waals surface area (Å²) in [5, 5.41) is 2.87. The van der Waals surface area contributed by atoms with E-state index in [2.05, 4.69) is 15.3 Å². The third-order valence-electron chi connectivity index (χ3n) is 2.35. The highest BCUT2D eigenvalue weighted by Gasteiger charge is 2.26. The van der Waals surface area contributed by atoms with Gasteiger partial charge < -0.3 is 10.1 Å². The molecule has 1 N–H and O–H groups in total. The first-order chi connectivity index (χ1) is 8.81. The summed E-state index contributed by atoms with van der Waals surface area (Å²) in [4.78, 5) is 8.40. The Bertz CT molecular complexity index is 408. The zero-order valence-electron chi connectivity index (χ0n) is 11.2. The lowest BCUT2D eigenvalue weighted by Gasteiger charge is -2.11. The molecule has 0 fully saturated rings. The molecule has 7 heteroatoms. The van der Waals surface area contributed by atoms with Crippen LogP contribution in [0.1, 0.15) is 38.4 Å².